The normalized spacial score (nSPS) is 24.8. The number of ether oxygens (including phenoxy) is 1. The lowest BCUT2D eigenvalue weighted by atomic mass is 9.68. The Morgan fingerprint density at radius 3 is 2.75 bits per heavy atom. The minimum atomic E-state index is -0.883. The lowest BCUT2D eigenvalue weighted by molar-refractivity contribution is -0.135. The van der Waals surface area contributed by atoms with Crippen molar-refractivity contribution in [2.75, 3.05) is 14.2 Å². The third-order valence-corrected chi connectivity index (χ3v) is 7.45. The van der Waals surface area contributed by atoms with Crippen molar-refractivity contribution in [1.29, 1.82) is 0 Å². The predicted octanol–water partition coefficient (Wildman–Crippen LogP) is 4.04. The Morgan fingerprint density at radius 1 is 1.31 bits per heavy atom. The van der Waals surface area contributed by atoms with Crippen LogP contribution < -0.4 is 5.32 Å². The highest BCUT2D eigenvalue weighted by molar-refractivity contribution is 7.80. The Kier molecular flexibility index (Phi) is 5.83. The molecule has 1 amide bonds. The Balaban J connectivity index is 1.83. The fourth-order valence-electron chi connectivity index (χ4n) is 5.10. The second kappa shape index (κ2) is 8.31. The summed E-state index contributed by atoms with van der Waals surface area (Å²) in [5.74, 6) is 6.00. The van der Waals surface area contributed by atoms with Crippen molar-refractivity contribution in [2.24, 2.45) is 5.41 Å². The van der Waals surface area contributed by atoms with Gasteiger partial charge in [-0.05, 0) is 74.2 Å². The molecule has 1 aromatic carbocycles. The highest BCUT2D eigenvalue weighted by Crippen LogP contribution is 2.56. The summed E-state index contributed by atoms with van der Waals surface area (Å²) in [5, 5.41) is 3.93. The molecule has 2 heterocycles. The van der Waals surface area contributed by atoms with E-state index in [4.69, 9.17) is 17.0 Å². The van der Waals surface area contributed by atoms with Crippen molar-refractivity contribution >= 4 is 23.2 Å². The quantitative estimate of drug-likeness (QED) is 0.554. The number of carbonyl (C=O) groups excluding carboxylic acids is 1. The fraction of sp³-hybridized carbons (Fsp3) is 0.423. The number of fused-ring (bicyclic) bond motifs is 2. The zero-order valence-corrected chi connectivity index (χ0v) is 20.1. The summed E-state index contributed by atoms with van der Waals surface area (Å²) in [4.78, 5) is 19.7. The van der Waals surface area contributed by atoms with E-state index in [2.05, 4.69) is 54.2 Å². The molecule has 3 atom stereocenters. The van der Waals surface area contributed by atoms with Gasteiger partial charge in [0.25, 0.3) is 5.91 Å². The van der Waals surface area contributed by atoms with Gasteiger partial charge in [0.05, 0.1) is 6.10 Å². The van der Waals surface area contributed by atoms with Gasteiger partial charge in [0.2, 0.25) is 0 Å². The average molecular weight is 448 g/mol. The number of benzene rings is 1. The zero-order chi connectivity index (χ0) is 23.1. The van der Waals surface area contributed by atoms with E-state index in [1.807, 2.05) is 19.2 Å². The van der Waals surface area contributed by atoms with Crippen LogP contribution in [0.3, 0.4) is 0 Å². The topological polar surface area (TPSA) is 54.5 Å². The van der Waals surface area contributed by atoms with E-state index < -0.39 is 5.54 Å². The molecule has 1 saturated heterocycles. The molecule has 0 bridgehead atoms. The third kappa shape index (κ3) is 3.41. The van der Waals surface area contributed by atoms with E-state index in [1.54, 1.807) is 25.3 Å². The third-order valence-electron chi connectivity index (χ3n) is 7.07. The maximum absolute atomic E-state index is 13.7. The van der Waals surface area contributed by atoms with Crippen LogP contribution in [0, 0.1) is 17.3 Å². The van der Waals surface area contributed by atoms with Crippen molar-refractivity contribution in [3.8, 4) is 23.0 Å². The van der Waals surface area contributed by atoms with Crippen LogP contribution in [0.25, 0.3) is 11.1 Å². The maximum Gasteiger partial charge on any atom is 0.259 e. The number of carbonyl (C=O) groups is 1. The van der Waals surface area contributed by atoms with Gasteiger partial charge in [-0.3, -0.25) is 14.7 Å². The lowest BCUT2D eigenvalue weighted by Gasteiger charge is -2.40. The first-order valence-electron chi connectivity index (χ1n) is 10.9. The smallest absolute Gasteiger partial charge is 0.259 e. The first-order chi connectivity index (χ1) is 15.3. The Morgan fingerprint density at radius 2 is 2.09 bits per heavy atom. The molecule has 166 valence electrons. The number of rotatable bonds is 5. The molecular weight excluding hydrogens is 418 g/mol. The molecule has 6 heteroatoms. The molecule has 5 nitrogen and oxygen atoms in total. The summed E-state index contributed by atoms with van der Waals surface area (Å²) >= 11 is 5.53. The Labute approximate surface area is 195 Å². The van der Waals surface area contributed by atoms with E-state index in [1.165, 1.54) is 5.56 Å². The summed E-state index contributed by atoms with van der Waals surface area (Å²) in [6.07, 6.45) is 6.22. The number of hydrogen-bond acceptors (Lipinski definition) is 4. The minimum absolute atomic E-state index is 0.00898. The monoisotopic (exact) mass is 447 g/mol. The van der Waals surface area contributed by atoms with Crippen LogP contribution in [0.15, 0.2) is 36.7 Å². The summed E-state index contributed by atoms with van der Waals surface area (Å²) in [6.45, 7) is 6.07. The van der Waals surface area contributed by atoms with E-state index in [-0.39, 0.29) is 17.4 Å². The molecule has 4 rings (SSSR count). The highest BCUT2D eigenvalue weighted by atomic mass is 32.1. The van der Waals surface area contributed by atoms with Gasteiger partial charge in [0.1, 0.15) is 0 Å². The van der Waals surface area contributed by atoms with Crippen LogP contribution in [0.2, 0.25) is 0 Å². The molecule has 0 saturated carbocycles. The molecule has 2 aromatic rings. The number of nitrogens with zero attached hydrogens (tertiary/aromatic N) is 2. The second-order valence-electron chi connectivity index (χ2n) is 9.08. The number of methoxy groups -OCH3 is 1. The van der Waals surface area contributed by atoms with Gasteiger partial charge in [0.15, 0.2) is 10.7 Å². The minimum Gasteiger partial charge on any atom is -0.382 e. The summed E-state index contributed by atoms with van der Waals surface area (Å²) in [6, 6.07) is 8.42. The van der Waals surface area contributed by atoms with Crippen LogP contribution in [-0.2, 0) is 21.5 Å². The zero-order valence-electron chi connectivity index (χ0n) is 19.3. The van der Waals surface area contributed by atoms with Crippen LogP contribution in [0.1, 0.15) is 50.3 Å². The molecule has 0 radical (unpaired) electrons. The van der Waals surface area contributed by atoms with Crippen molar-refractivity contribution in [3.05, 3.63) is 53.3 Å². The fourth-order valence-corrected chi connectivity index (χ4v) is 5.33. The highest BCUT2D eigenvalue weighted by Gasteiger charge is 2.64. The van der Waals surface area contributed by atoms with Gasteiger partial charge >= 0.3 is 0 Å². The molecule has 3 unspecified atom stereocenters. The molecule has 1 aromatic heterocycles. The summed E-state index contributed by atoms with van der Waals surface area (Å²) < 4.78 is 5.50. The van der Waals surface area contributed by atoms with E-state index in [0.717, 1.165) is 41.5 Å². The number of thiocarbonyl (C=S) groups is 1. The molecular formula is C26H29N3O2S. The molecule has 2 aliphatic rings. The Bertz CT molecular complexity index is 1150. The van der Waals surface area contributed by atoms with Gasteiger partial charge in [-0.25, -0.2) is 0 Å². The van der Waals surface area contributed by atoms with Gasteiger partial charge < -0.3 is 10.1 Å². The van der Waals surface area contributed by atoms with E-state index >= 15 is 0 Å². The summed E-state index contributed by atoms with van der Waals surface area (Å²) in [7, 11) is 3.48. The number of nitrogens with one attached hydrogen (secondary N) is 1. The number of pyridine rings is 1. The van der Waals surface area contributed by atoms with Crippen molar-refractivity contribution in [1.82, 2.24) is 15.2 Å². The Hall–Kier alpha value is -2.75. The summed E-state index contributed by atoms with van der Waals surface area (Å²) in [5.41, 5.74) is 3.83. The molecule has 1 N–H and O–H groups in total. The predicted molar refractivity (Wildman–Crippen MR) is 130 cm³/mol. The van der Waals surface area contributed by atoms with Crippen molar-refractivity contribution < 1.29 is 9.53 Å². The molecule has 1 fully saturated rings. The van der Waals surface area contributed by atoms with Crippen LogP contribution in [0.5, 0.6) is 0 Å². The number of hydrogen-bond donors (Lipinski definition) is 1. The van der Waals surface area contributed by atoms with Crippen LogP contribution in [-0.4, -0.2) is 41.2 Å². The molecule has 1 spiro atoms. The van der Waals surface area contributed by atoms with Crippen molar-refractivity contribution in [3.63, 3.8) is 0 Å². The van der Waals surface area contributed by atoms with Gasteiger partial charge in [-0.2, -0.15) is 0 Å². The van der Waals surface area contributed by atoms with Crippen molar-refractivity contribution in [2.45, 2.75) is 51.7 Å². The number of amides is 1. The van der Waals surface area contributed by atoms with Gasteiger partial charge in [-0.15, -0.1) is 5.92 Å². The largest absolute Gasteiger partial charge is 0.382 e. The average Bonchev–Trinajstić information content (AvgIpc) is 3.18. The SMILES string of the molecule is CC#Cc1cncc(-c2ccc3c(c2)C2(NC(=S)N(C)C2=O)C(C)(CCC(C)OC)C3)c1. The molecule has 32 heavy (non-hydrogen) atoms. The van der Waals surface area contributed by atoms with Crippen LogP contribution in [0.4, 0.5) is 0 Å². The van der Waals surface area contributed by atoms with Gasteiger partial charge in [-0.1, -0.05) is 25.0 Å². The van der Waals surface area contributed by atoms with Gasteiger partial charge in [0, 0.05) is 43.1 Å². The first kappa shape index (κ1) is 22.4. The maximum atomic E-state index is 13.7. The van der Waals surface area contributed by atoms with Crippen LogP contribution >= 0.6 is 12.2 Å². The second-order valence-corrected chi connectivity index (χ2v) is 9.46. The van der Waals surface area contributed by atoms with E-state index in [0.29, 0.717) is 5.11 Å². The number of likely N-dealkylation sites (N-methyl/N-ethyl adjacent to an activating group) is 1. The first-order valence-corrected chi connectivity index (χ1v) is 11.3. The van der Waals surface area contributed by atoms with E-state index in [9.17, 15) is 4.79 Å². The molecule has 1 aliphatic carbocycles. The standard InChI is InChI=1S/C26H29N3O2S/c1-6-7-18-12-21(16-27-15-18)19-8-9-20-14-25(3,11-10-17(2)31-5)26(22(20)13-19)23(30)29(4)24(32)28-26/h8-9,12-13,15-17H,10-11,14H2,1-5H3,(H,28,32). The number of aromatic nitrogens is 1. The lowest BCUT2D eigenvalue weighted by Crippen LogP contribution is -2.54. The molecule has 1 aliphatic heterocycles.